The van der Waals surface area contributed by atoms with Gasteiger partial charge in [-0.25, -0.2) is 0 Å². The van der Waals surface area contributed by atoms with Gasteiger partial charge in [-0.1, -0.05) is 20.8 Å². The van der Waals surface area contributed by atoms with E-state index in [9.17, 15) is 4.79 Å². The van der Waals surface area contributed by atoms with Crippen LogP contribution >= 0.6 is 0 Å². The molecule has 1 heterocycles. The maximum absolute atomic E-state index is 11.6. The lowest BCUT2D eigenvalue weighted by Gasteiger charge is -2.37. The fourth-order valence-corrected chi connectivity index (χ4v) is 2.71. The maximum atomic E-state index is 11.6. The van der Waals surface area contributed by atoms with Gasteiger partial charge in [0.05, 0.1) is 6.54 Å². The van der Waals surface area contributed by atoms with Crippen LogP contribution in [0, 0.1) is 0 Å². The Kier molecular flexibility index (Phi) is 7.28. The highest BCUT2D eigenvalue weighted by Gasteiger charge is 2.23. The van der Waals surface area contributed by atoms with Crippen LogP contribution in [0.2, 0.25) is 0 Å². The Labute approximate surface area is 112 Å². The minimum atomic E-state index is 0.179. The van der Waals surface area contributed by atoms with Gasteiger partial charge in [0.2, 0.25) is 5.91 Å². The molecule has 1 aliphatic rings. The van der Waals surface area contributed by atoms with Crippen molar-refractivity contribution in [1.82, 2.24) is 15.1 Å². The van der Waals surface area contributed by atoms with Crippen LogP contribution in [0.5, 0.6) is 0 Å². The number of amides is 1. The van der Waals surface area contributed by atoms with Crippen molar-refractivity contribution in [3.8, 4) is 0 Å². The Morgan fingerprint density at radius 2 is 1.83 bits per heavy atom. The molecule has 4 heteroatoms. The van der Waals surface area contributed by atoms with Crippen LogP contribution in [0.15, 0.2) is 0 Å². The van der Waals surface area contributed by atoms with Gasteiger partial charge in [0.1, 0.15) is 0 Å². The number of carbonyl (C=O) groups is 1. The highest BCUT2D eigenvalue weighted by molar-refractivity contribution is 5.77. The van der Waals surface area contributed by atoms with E-state index in [2.05, 4.69) is 35.9 Å². The second kappa shape index (κ2) is 8.48. The summed E-state index contributed by atoms with van der Waals surface area (Å²) in [6.07, 6.45) is 3.40. The Hall–Kier alpha value is -0.610. The first-order chi connectivity index (χ1) is 8.71. The SMILES string of the molecule is CCCNC(=O)CN1CCC(N(CC)CC)CC1. The molecule has 0 radical (unpaired) electrons. The molecule has 1 amide bonds. The topological polar surface area (TPSA) is 35.6 Å². The van der Waals surface area contributed by atoms with Gasteiger partial charge in [0.15, 0.2) is 0 Å². The summed E-state index contributed by atoms with van der Waals surface area (Å²) >= 11 is 0. The van der Waals surface area contributed by atoms with Crippen LogP contribution in [0.25, 0.3) is 0 Å². The summed E-state index contributed by atoms with van der Waals surface area (Å²) in [6.45, 7) is 12.3. The molecule has 0 atom stereocenters. The fraction of sp³-hybridized carbons (Fsp3) is 0.929. The number of nitrogens with zero attached hydrogens (tertiary/aromatic N) is 2. The lowest BCUT2D eigenvalue weighted by molar-refractivity contribution is -0.122. The molecule has 0 unspecified atom stereocenters. The van der Waals surface area contributed by atoms with E-state index >= 15 is 0 Å². The van der Waals surface area contributed by atoms with Crippen LogP contribution in [-0.4, -0.2) is 61.0 Å². The van der Waals surface area contributed by atoms with Crippen molar-refractivity contribution in [2.45, 2.75) is 46.1 Å². The summed E-state index contributed by atoms with van der Waals surface area (Å²) in [5, 5.41) is 2.94. The van der Waals surface area contributed by atoms with E-state index in [4.69, 9.17) is 0 Å². The highest BCUT2D eigenvalue weighted by atomic mass is 16.2. The molecule has 1 aliphatic heterocycles. The molecule has 0 saturated carbocycles. The Balaban J connectivity index is 2.24. The fourth-order valence-electron chi connectivity index (χ4n) is 2.71. The molecule has 1 fully saturated rings. The van der Waals surface area contributed by atoms with E-state index in [0.717, 1.165) is 45.2 Å². The van der Waals surface area contributed by atoms with E-state index in [1.807, 2.05) is 0 Å². The average Bonchev–Trinajstić information content (AvgIpc) is 2.40. The molecule has 0 aromatic heterocycles. The zero-order valence-corrected chi connectivity index (χ0v) is 12.2. The molecule has 0 bridgehead atoms. The zero-order chi connectivity index (χ0) is 13.4. The van der Waals surface area contributed by atoms with Crippen molar-refractivity contribution in [2.24, 2.45) is 0 Å². The van der Waals surface area contributed by atoms with Crippen LogP contribution in [-0.2, 0) is 4.79 Å². The van der Waals surface area contributed by atoms with Gasteiger partial charge in [-0.3, -0.25) is 9.69 Å². The van der Waals surface area contributed by atoms with Gasteiger partial charge >= 0.3 is 0 Å². The monoisotopic (exact) mass is 255 g/mol. The number of hydrogen-bond acceptors (Lipinski definition) is 3. The molecule has 0 aromatic carbocycles. The normalized spacial score (nSPS) is 18.2. The van der Waals surface area contributed by atoms with E-state index in [0.29, 0.717) is 6.54 Å². The Bertz CT molecular complexity index is 233. The lowest BCUT2D eigenvalue weighted by Crippen LogP contribution is -2.47. The predicted octanol–water partition coefficient (Wildman–Crippen LogP) is 1.32. The first-order valence-electron chi connectivity index (χ1n) is 7.44. The summed E-state index contributed by atoms with van der Waals surface area (Å²) in [5.41, 5.74) is 0. The van der Waals surface area contributed by atoms with Crippen molar-refractivity contribution in [2.75, 3.05) is 39.3 Å². The third kappa shape index (κ3) is 4.94. The molecule has 18 heavy (non-hydrogen) atoms. The average molecular weight is 255 g/mol. The van der Waals surface area contributed by atoms with Crippen LogP contribution < -0.4 is 5.32 Å². The number of hydrogen-bond donors (Lipinski definition) is 1. The zero-order valence-electron chi connectivity index (χ0n) is 12.2. The standard InChI is InChI=1S/C14H29N3O/c1-4-9-15-14(18)12-16-10-7-13(8-11-16)17(5-2)6-3/h13H,4-12H2,1-3H3,(H,15,18). The molecule has 1 rings (SSSR count). The smallest absolute Gasteiger partial charge is 0.234 e. The van der Waals surface area contributed by atoms with Crippen molar-refractivity contribution in [3.05, 3.63) is 0 Å². The molecule has 1 N–H and O–H groups in total. The van der Waals surface area contributed by atoms with Gasteiger partial charge in [-0.05, 0) is 32.4 Å². The predicted molar refractivity (Wildman–Crippen MR) is 75.7 cm³/mol. The Morgan fingerprint density at radius 3 is 2.33 bits per heavy atom. The van der Waals surface area contributed by atoms with Crippen molar-refractivity contribution in [1.29, 1.82) is 0 Å². The summed E-state index contributed by atoms with van der Waals surface area (Å²) in [6, 6.07) is 0.718. The van der Waals surface area contributed by atoms with Gasteiger partial charge < -0.3 is 10.2 Å². The minimum absolute atomic E-state index is 0.179. The van der Waals surface area contributed by atoms with Gasteiger partial charge in [0.25, 0.3) is 0 Å². The number of piperidine rings is 1. The summed E-state index contributed by atoms with van der Waals surface area (Å²) in [4.78, 5) is 16.5. The van der Waals surface area contributed by atoms with E-state index < -0.39 is 0 Å². The minimum Gasteiger partial charge on any atom is -0.355 e. The summed E-state index contributed by atoms with van der Waals surface area (Å²) < 4.78 is 0. The summed E-state index contributed by atoms with van der Waals surface area (Å²) in [5.74, 6) is 0.179. The summed E-state index contributed by atoms with van der Waals surface area (Å²) in [7, 11) is 0. The van der Waals surface area contributed by atoms with Crippen molar-refractivity contribution >= 4 is 5.91 Å². The Morgan fingerprint density at radius 1 is 1.22 bits per heavy atom. The van der Waals surface area contributed by atoms with Gasteiger partial charge in [0, 0.05) is 25.7 Å². The van der Waals surface area contributed by atoms with Crippen LogP contribution in [0.4, 0.5) is 0 Å². The third-order valence-corrected chi connectivity index (χ3v) is 3.83. The molecule has 0 spiro atoms. The molecule has 0 aromatic rings. The van der Waals surface area contributed by atoms with Crippen LogP contribution in [0.3, 0.4) is 0 Å². The molecule has 4 nitrogen and oxygen atoms in total. The number of nitrogens with one attached hydrogen (secondary N) is 1. The van der Waals surface area contributed by atoms with Crippen LogP contribution in [0.1, 0.15) is 40.0 Å². The number of likely N-dealkylation sites (tertiary alicyclic amines) is 1. The van der Waals surface area contributed by atoms with Crippen molar-refractivity contribution in [3.63, 3.8) is 0 Å². The van der Waals surface area contributed by atoms with E-state index in [1.54, 1.807) is 0 Å². The number of rotatable bonds is 7. The molecule has 106 valence electrons. The first-order valence-corrected chi connectivity index (χ1v) is 7.44. The second-order valence-corrected chi connectivity index (χ2v) is 5.08. The van der Waals surface area contributed by atoms with E-state index in [-0.39, 0.29) is 5.91 Å². The van der Waals surface area contributed by atoms with Gasteiger partial charge in [-0.2, -0.15) is 0 Å². The molecular formula is C14H29N3O. The van der Waals surface area contributed by atoms with Crippen molar-refractivity contribution < 1.29 is 4.79 Å². The number of carbonyl (C=O) groups excluding carboxylic acids is 1. The quantitative estimate of drug-likeness (QED) is 0.745. The molecule has 0 aliphatic carbocycles. The third-order valence-electron chi connectivity index (χ3n) is 3.83. The first kappa shape index (κ1) is 15.4. The second-order valence-electron chi connectivity index (χ2n) is 5.08. The van der Waals surface area contributed by atoms with Gasteiger partial charge in [-0.15, -0.1) is 0 Å². The maximum Gasteiger partial charge on any atom is 0.234 e. The highest BCUT2D eigenvalue weighted by Crippen LogP contribution is 2.15. The molecular weight excluding hydrogens is 226 g/mol. The molecule has 1 saturated heterocycles. The lowest BCUT2D eigenvalue weighted by atomic mass is 10.0. The largest absolute Gasteiger partial charge is 0.355 e. The van der Waals surface area contributed by atoms with E-state index in [1.165, 1.54) is 12.8 Å².